The van der Waals surface area contributed by atoms with Crippen molar-refractivity contribution in [1.29, 1.82) is 0 Å². The third-order valence-electron chi connectivity index (χ3n) is 3.15. The molecule has 2 unspecified atom stereocenters. The fraction of sp³-hybridized carbons (Fsp3) is 0.583. The maximum Gasteiger partial charge on any atom is 0.227 e. The molecule has 0 aromatic carbocycles. The van der Waals surface area contributed by atoms with E-state index in [1.807, 2.05) is 21.7 Å². The second kappa shape index (κ2) is 5.19. The molecule has 16 heavy (non-hydrogen) atoms. The molecule has 1 amide bonds. The van der Waals surface area contributed by atoms with Crippen molar-refractivity contribution in [3.63, 3.8) is 0 Å². The van der Waals surface area contributed by atoms with Crippen LogP contribution in [0, 0.1) is 5.92 Å². The Labute approximate surface area is 105 Å². The lowest BCUT2D eigenvalue weighted by atomic mass is 9.98. The summed E-state index contributed by atoms with van der Waals surface area (Å²) in [4.78, 5) is 13.9. The van der Waals surface area contributed by atoms with Crippen LogP contribution in [-0.4, -0.2) is 29.3 Å². The first kappa shape index (κ1) is 11.9. The molecule has 2 heterocycles. The SMILES string of the molecule is CC1CCN(C(=O)Cc2ccsc2)CC1Cl. The molecule has 88 valence electrons. The highest BCUT2D eigenvalue weighted by Gasteiger charge is 2.27. The molecule has 0 radical (unpaired) electrons. The average Bonchev–Trinajstić information content (AvgIpc) is 2.74. The van der Waals surface area contributed by atoms with Gasteiger partial charge in [-0.15, -0.1) is 11.6 Å². The first-order chi connectivity index (χ1) is 7.66. The number of halogens is 1. The van der Waals surface area contributed by atoms with E-state index in [0.717, 1.165) is 18.5 Å². The van der Waals surface area contributed by atoms with Crippen molar-refractivity contribution in [2.45, 2.75) is 25.1 Å². The van der Waals surface area contributed by atoms with E-state index in [4.69, 9.17) is 11.6 Å². The van der Waals surface area contributed by atoms with Crippen molar-refractivity contribution in [2.24, 2.45) is 5.92 Å². The number of piperidine rings is 1. The molecule has 0 aliphatic carbocycles. The minimum Gasteiger partial charge on any atom is -0.341 e. The number of hydrogen-bond donors (Lipinski definition) is 0. The van der Waals surface area contributed by atoms with Crippen LogP contribution < -0.4 is 0 Å². The normalized spacial score (nSPS) is 25.8. The summed E-state index contributed by atoms with van der Waals surface area (Å²) in [6.07, 6.45) is 1.53. The minimum atomic E-state index is 0.111. The summed E-state index contributed by atoms with van der Waals surface area (Å²) in [7, 11) is 0. The van der Waals surface area contributed by atoms with Gasteiger partial charge in [0.1, 0.15) is 0 Å². The predicted molar refractivity (Wildman–Crippen MR) is 68.0 cm³/mol. The Morgan fingerprint density at radius 3 is 3.12 bits per heavy atom. The van der Waals surface area contributed by atoms with E-state index >= 15 is 0 Å². The summed E-state index contributed by atoms with van der Waals surface area (Å²) in [6.45, 7) is 3.71. The van der Waals surface area contributed by atoms with E-state index in [1.54, 1.807) is 11.3 Å². The van der Waals surface area contributed by atoms with Crippen LogP contribution in [0.2, 0.25) is 0 Å². The molecule has 1 saturated heterocycles. The first-order valence-corrected chi connectivity index (χ1v) is 6.97. The van der Waals surface area contributed by atoms with Gasteiger partial charge in [0.2, 0.25) is 5.91 Å². The van der Waals surface area contributed by atoms with Gasteiger partial charge in [0.05, 0.1) is 11.8 Å². The zero-order chi connectivity index (χ0) is 11.5. The number of rotatable bonds is 2. The summed E-state index contributed by atoms with van der Waals surface area (Å²) in [6, 6.07) is 2.01. The molecule has 2 rings (SSSR count). The number of nitrogens with zero attached hydrogens (tertiary/aromatic N) is 1. The van der Waals surface area contributed by atoms with Gasteiger partial charge < -0.3 is 4.90 Å². The van der Waals surface area contributed by atoms with Crippen LogP contribution in [0.15, 0.2) is 16.8 Å². The maximum atomic E-state index is 12.0. The van der Waals surface area contributed by atoms with E-state index in [1.165, 1.54) is 0 Å². The van der Waals surface area contributed by atoms with Gasteiger partial charge in [0, 0.05) is 13.1 Å². The highest BCUT2D eigenvalue weighted by Crippen LogP contribution is 2.22. The number of carbonyl (C=O) groups excluding carboxylic acids is 1. The highest BCUT2D eigenvalue weighted by molar-refractivity contribution is 7.07. The van der Waals surface area contributed by atoms with Crippen LogP contribution in [0.5, 0.6) is 0 Å². The number of carbonyl (C=O) groups is 1. The number of thiophene rings is 1. The van der Waals surface area contributed by atoms with Gasteiger partial charge in [0.15, 0.2) is 0 Å². The average molecular weight is 258 g/mol. The molecule has 1 aliphatic rings. The third-order valence-corrected chi connectivity index (χ3v) is 4.45. The summed E-state index contributed by atoms with van der Waals surface area (Å²) in [5, 5.41) is 4.15. The van der Waals surface area contributed by atoms with Crippen molar-refractivity contribution in [3.8, 4) is 0 Å². The van der Waals surface area contributed by atoms with Crippen molar-refractivity contribution in [1.82, 2.24) is 4.90 Å². The molecule has 0 bridgehead atoms. The van der Waals surface area contributed by atoms with Crippen LogP contribution in [-0.2, 0) is 11.2 Å². The zero-order valence-electron chi connectivity index (χ0n) is 9.36. The number of hydrogen-bond acceptors (Lipinski definition) is 2. The van der Waals surface area contributed by atoms with Crippen LogP contribution in [0.3, 0.4) is 0 Å². The van der Waals surface area contributed by atoms with Crippen molar-refractivity contribution in [3.05, 3.63) is 22.4 Å². The molecule has 4 heteroatoms. The number of alkyl halides is 1. The maximum absolute atomic E-state index is 12.0. The Morgan fingerprint density at radius 1 is 1.69 bits per heavy atom. The predicted octanol–water partition coefficient (Wildman–Crippen LogP) is 2.77. The standard InChI is InChI=1S/C12H16ClNOS/c1-9-2-4-14(7-11(9)13)12(15)6-10-3-5-16-8-10/h3,5,8-9,11H,2,4,6-7H2,1H3. The van der Waals surface area contributed by atoms with Gasteiger partial charge in [0.25, 0.3) is 0 Å². The lowest BCUT2D eigenvalue weighted by Crippen LogP contribution is -2.44. The molecular weight excluding hydrogens is 242 g/mol. The quantitative estimate of drug-likeness (QED) is 0.746. The Balaban J connectivity index is 1.90. The third kappa shape index (κ3) is 2.77. The minimum absolute atomic E-state index is 0.111. The molecule has 1 aromatic rings. The lowest BCUT2D eigenvalue weighted by Gasteiger charge is -2.34. The Kier molecular flexibility index (Phi) is 3.87. The van der Waals surface area contributed by atoms with E-state index in [-0.39, 0.29) is 11.3 Å². The van der Waals surface area contributed by atoms with Crippen molar-refractivity contribution >= 4 is 28.8 Å². The lowest BCUT2D eigenvalue weighted by molar-refractivity contribution is -0.131. The molecule has 2 nitrogen and oxygen atoms in total. The van der Waals surface area contributed by atoms with Crippen molar-refractivity contribution < 1.29 is 4.79 Å². The molecular formula is C12H16ClNOS. The Hall–Kier alpha value is -0.540. The van der Waals surface area contributed by atoms with Gasteiger partial charge in [-0.3, -0.25) is 4.79 Å². The van der Waals surface area contributed by atoms with Crippen LogP contribution in [0.25, 0.3) is 0 Å². The first-order valence-electron chi connectivity index (χ1n) is 5.59. The van der Waals surface area contributed by atoms with E-state index in [0.29, 0.717) is 18.9 Å². The number of amides is 1. The topological polar surface area (TPSA) is 20.3 Å². The Morgan fingerprint density at radius 2 is 2.50 bits per heavy atom. The largest absolute Gasteiger partial charge is 0.341 e. The van der Waals surface area contributed by atoms with Gasteiger partial charge >= 0.3 is 0 Å². The molecule has 1 aliphatic heterocycles. The summed E-state index contributed by atoms with van der Waals surface area (Å²) in [5.74, 6) is 0.725. The molecule has 2 atom stereocenters. The van der Waals surface area contributed by atoms with E-state index < -0.39 is 0 Å². The van der Waals surface area contributed by atoms with Gasteiger partial charge in [-0.2, -0.15) is 11.3 Å². The monoisotopic (exact) mass is 257 g/mol. The Bertz CT molecular complexity index is 352. The summed E-state index contributed by atoms with van der Waals surface area (Å²) in [5.41, 5.74) is 1.11. The molecule has 0 saturated carbocycles. The highest BCUT2D eigenvalue weighted by atomic mass is 35.5. The second-order valence-electron chi connectivity index (χ2n) is 4.43. The smallest absolute Gasteiger partial charge is 0.227 e. The van der Waals surface area contributed by atoms with Gasteiger partial charge in [-0.1, -0.05) is 6.92 Å². The van der Waals surface area contributed by atoms with Gasteiger partial charge in [-0.25, -0.2) is 0 Å². The fourth-order valence-electron chi connectivity index (χ4n) is 1.93. The van der Waals surface area contributed by atoms with Crippen molar-refractivity contribution in [2.75, 3.05) is 13.1 Å². The van der Waals surface area contributed by atoms with E-state index in [2.05, 4.69) is 6.92 Å². The van der Waals surface area contributed by atoms with Gasteiger partial charge in [-0.05, 0) is 34.7 Å². The summed E-state index contributed by atoms with van der Waals surface area (Å²) >= 11 is 7.83. The van der Waals surface area contributed by atoms with E-state index in [9.17, 15) is 4.79 Å². The fourth-order valence-corrected chi connectivity index (χ4v) is 2.89. The van der Waals surface area contributed by atoms with Crippen LogP contribution in [0.1, 0.15) is 18.9 Å². The molecule has 0 N–H and O–H groups in total. The molecule has 0 spiro atoms. The molecule has 1 fully saturated rings. The molecule has 1 aromatic heterocycles. The van der Waals surface area contributed by atoms with Crippen LogP contribution in [0.4, 0.5) is 0 Å². The zero-order valence-corrected chi connectivity index (χ0v) is 10.9. The second-order valence-corrected chi connectivity index (χ2v) is 5.77. The van der Waals surface area contributed by atoms with Crippen LogP contribution >= 0.6 is 22.9 Å². The number of likely N-dealkylation sites (tertiary alicyclic amines) is 1. The summed E-state index contributed by atoms with van der Waals surface area (Å²) < 4.78 is 0.